The average molecular weight is 721 g/mol. The molecule has 5 heteroatoms. The predicted molar refractivity (Wildman–Crippen MR) is 229 cm³/mol. The van der Waals surface area contributed by atoms with E-state index in [-0.39, 0.29) is 0 Å². The number of nitrogens with zero attached hydrogens (tertiary/aromatic N) is 4. The van der Waals surface area contributed by atoms with E-state index >= 15 is 0 Å². The topological polar surface area (TPSA) is 51.6 Å². The van der Waals surface area contributed by atoms with Crippen LogP contribution in [-0.4, -0.2) is 19.9 Å². The Morgan fingerprint density at radius 3 is 1.22 bits per heavy atom. The summed E-state index contributed by atoms with van der Waals surface area (Å²) in [4.78, 5) is 20.4. The minimum Gasteiger partial charge on any atom is -0.228 e. The second-order valence-electron chi connectivity index (χ2n) is 13.5. The lowest BCUT2D eigenvalue weighted by molar-refractivity contribution is 1.18. The summed E-state index contributed by atoms with van der Waals surface area (Å²) in [7, 11) is 0. The second kappa shape index (κ2) is 14.0. The lowest BCUT2D eigenvalue weighted by atomic mass is 10.0. The molecule has 258 valence electrons. The summed E-state index contributed by atoms with van der Waals surface area (Å²) in [6.07, 6.45) is 0. The SMILES string of the molecule is c1ccc(-c2ccc(-c3cc(-c4ccc5c(c4)sc4ccc(-c6nc(-c7ccccc7)cc(-c7ccccc7)n6)cc45)nc(-c4ccccc4)n3)cc2)cc1. The monoisotopic (exact) mass is 720 g/mol. The molecule has 0 atom stereocenters. The summed E-state index contributed by atoms with van der Waals surface area (Å²) in [5, 5.41) is 2.38. The van der Waals surface area contributed by atoms with Gasteiger partial charge < -0.3 is 0 Å². The Bertz CT molecular complexity index is 2890. The minimum atomic E-state index is 0.703. The van der Waals surface area contributed by atoms with Crippen molar-refractivity contribution < 1.29 is 0 Å². The molecular weight excluding hydrogens is 689 g/mol. The highest BCUT2D eigenvalue weighted by Crippen LogP contribution is 2.39. The molecule has 0 aliphatic rings. The molecule has 0 saturated heterocycles. The van der Waals surface area contributed by atoms with Crippen LogP contribution in [0.25, 0.3) is 99.1 Å². The third-order valence-electron chi connectivity index (χ3n) is 9.94. The Hall–Kier alpha value is -7.08. The van der Waals surface area contributed by atoms with Crippen LogP contribution >= 0.6 is 11.3 Å². The zero-order chi connectivity index (χ0) is 36.6. The van der Waals surface area contributed by atoms with Crippen molar-refractivity contribution in [1.82, 2.24) is 19.9 Å². The molecule has 3 aromatic heterocycles. The van der Waals surface area contributed by atoms with E-state index in [0.29, 0.717) is 11.6 Å². The maximum absolute atomic E-state index is 5.12. The van der Waals surface area contributed by atoms with Crippen LogP contribution < -0.4 is 0 Å². The van der Waals surface area contributed by atoms with Crippen LogP contribution in [0.2, 0.25) is 0 Å². The van der Waals surface area contributed by atoms with Gasteiger partial charge in [0.2, 0.25) is 0 Å². The molecule has 0 spiro atoms. The van der Waals surface area contributed by atoms with Gasteiger partial charge in [-0.1, -0.05) is 158 Å². The van der Waals surface area contributed by atoms with Gasteiger partial charge in [-0.25, -0.2) is 19.9 Å². The highest BCUT2D eigenvalue weighted by molar-refractivity contribution is 7.25. The summed E-state index contributed by atoms with van der Waals surface area (Å²) in [5.41, 5.74) is 12.1. The maximum Gasteiger partial charge on any atom is 0.160 e. The van der Waals surface area contributed by atoms with Gasteiger partial charge >= 0.3 is 0 Å². The summed E-state index contributed by atoms with van der Waals surface area (Å²) < 4.78 is 2.41. The molecule has 10 rings (SSSR count). The first kappa shape index (κ1) is 32.6. The van der Waals surface area contributed by atoms with Crippen molar-refractivity contribution in [3.8, 4) is 78.9 Å². The Balaban J connectivity index is 1.05. The van der Waals surface area contributed by atoms with Crippen molar-refractivity contribution in [1.29, 1.82) is 0 Å². The van der Waals surface area contributed by atoms with Gasteiger partial charge in [0.05, 0.1) is 22.8 Å². The molecule has 0 N–H and O–H groups in total. The first-order valence-electron chi connectivity index (χ1n) is 18.3. The number of fused-ring (bicyclic) bond motifs is 3. The van der Waals surface area contributed by atoms with Crippen LogP contribution in [0.15, 0.2) is 194 Å². The molecule has 0 saturated carbocycles. The molecule has 0 amide bonds. The van der Waals surface area contributed by atoms with E-state index in [1.165, 1.54) is 31.3 Å². The second-order valence-corrected chi connectivity index (χ2v) is 14.6. The number of hydrogen-bond acceptors (Lipinski definition) is 5. The van der Waals surface area contributed by atoms with E-state index in [2.05, 4.69) is 133 Å². The quantitative estimate of drug-likeness (QED) is 0.164. The zero-order valence-corrected chi connectivity index (χ0v) is 30.5. The summed E-state index contributed by atoms with van der Waals surface area (Å²) >= 11 is 1.79. The molecule has 0 bridgehead atoms. The van der Waals surface area contributed by atoms with Gasteiger partial charge in [0, 0.05) is 53.6 Å². The van der Waals surface area contributed by atoms with Gasteiger partial charge in [-0.15, -0.1) is 11.3 Å². The molecule has 0 radical (unpaired) electrons. The summed E-state index contributed by atoms with van der Waals surface area (Å²) in [5.74, 6) is 1.41. The Labute approximate surface area is 323 Å². The standard InChI is InChI=1S/C50H32N4S/c1-5-13-33(14-6-1)34-21-23-37(24-22-34)45-32-46(54-49(51-45)38-19-11-4-12-20-38)39-25-27-41-42-29-40(26-28-47(42)55-48(41)30-39)50-52-43(35-15-7-2-8-16-35)31-44(53-50)36-17-9-3-10-18-36/h1-32H. The maximum atomic E-state index is 5.12. The van der Waals surface area contributed by atoms with Crippen LogP contribution in [0.4, 0.5) is 0 Å². The fourth-order valence-corrected chi connectivity index (χ4v) is 8.21. The molecule has 0 fully saturated rings. The number of rotatable bonds is 7. The highest BCUT2D eigenvalue weighted by Gasteiger charge is 2.15. The Kier molecular flexibility index (Phi) is 8.32. The van der Waals surface area contributed by atoms with Crippen LogP contribution in [0, 0.1) is 0 Å². The lowest BCUT2D eigenvalue weighted by Gasteiger charge is -2.10. The van der Waals surface area contributed by atoms with Crippen molar-refractivity contribution in [2.45, 2.75) is 0 Å². The summed E-state index contributed by atoms with van der Waals surface area (Å²) in [6.45, 7) is 0. The highest BCUT2D eigenvalue weighted by atomic mass is 32.1. The predicted octanol–water partition coefficient (Wildman–Crippen LogP) is 13.3. The number of thiophene rings is 1. The number of aromatic nitrogens is 4. The average Bonchev–Trinajstić information content (AvgIpc) is 3.65. The first-order chi connectivity index (χ1) is 27.2. The van der Waals surface area contributed by atoms with Gasteiger partial charge in [-0.05, 0) is 47.5 Å². The first-order valence-corrected chi connectivity index (χ1v) is 19.1. The van der Waals surface area contributed by atoms with Crippen LogP contribution in [0.3, 0.4) is 0 Å². The van der Waals surface area contributed by atoms with E-state index < -0.39 is 0 Å². The van der Waals surface area contributed by atoms with Crippen LogP contribution in [0.5, 0.6) is 0 Å². The van der Waals surface area contributed by atoms with Crippen molar-refractivity contribution >= 4 is 31.5 Å². The number of hydrogen-bond donors (Lipinski definition) is 0. The molecule has 0 aliphatic carbocycles. The smallest absolute Gasteiger partial charge is 0.160 e. The van der Waals surface area contributed by atoms with Gasteiger partial charge in [-0.3, -0.25) is 0 Å². The molecule has 10 aromatic rings. The van der Waals surface area contributed by atoms with E-state index in [9.17, 15) is 0 Å². The fraction of sp³-hybridized carbons (Fsp3) is 0. The lowest BCUT2D eigenvalue weighted by Crippen LogP contribution is -1.96. The van der Waals surface area contributed by atoms with E-state index in [4.69, 9.17) is 19.9 Å². The Morgan fingerprint density at radius 1 is 0.255 bits per heavy atom. The molecule has 0 unspecified atom stereocenters. The number of benzene rings is 7. The van der Waals surface area contributed by atoms with Crippen molar-refractivity contribution in [2.75, 3.05) is 0 Å². The minimum absolute atomic E-state index is 0.703. The van der Waals surface area contributed by atoms with E-state index in [0.717, 1.165) is 56.2 Å². The van der Waals surface area contributed by atoms with Crippen molar-refractivity contribution in [3.63, 3.8) is 0 Å². The van der Waals surface area contributed by atoms with E-state index in [1.54, 1.807) is 11.3 Å². The molecule has 3 heterocycles. The molecule has 7 aromatic carbocycles. The van der Waals surface area contributed by atoms with Gasteiger partial charge in [0.1, 0.15) is 0 Å². The van der Waals surface area contributed by atoms with Crippen LogP contribution in [-0.2, 0) is 0 Å². The van der Waals surface area contributed by atoms with Gasteiger partial charge in [0.25, 0.3) is 0 Å². The van der Waals surface area contributed by atoms with Gasteiger partial charge in [-0.2, -0.15) is 0 Å². The summed E-state index contributed by atoms with van der Waals surface area (Å²) in [6, 6.07) is 67.4. The molecule has 4 nitrogen and oxygen atoms in total. The van der Waals surface area contributed by atoms with E-state index in [1.807, 2.05) is 60.7 Å². The van der Waals surface area contributed by atoms with Gasteiger partial charge in [0.15, 0.2) is 11.6 Å². The van der Waals surface area contributed by atoms with Crippen molar-refractivity contribution in [2.24, 2.45) is 0 Å². The van der Waals surface area contributed by atoms with Crippen molar-refractivity contribution in [3.05, 3.63) is 194 Å². The molecule has 55 heavy (non-hydrogen) atoms. The molecule has 0 aliphatic heterocycles. The fourth-order valence-electron chi connectivity index (χ4n) is 7.09. The van der Waals surface area contributed by atoms with Crippen LogP contribution in [0.1, 0.15) is 0 Å². The largest absolute Gasteiger partial charge is 0.228 e. The Morgan fingerprint density at radius 2 is 0.655 bits per heavy atom. The third-order valence-corrected chi connectivity index (χ3v) is 11.1. The zero-order valence-electron chi connectivity index (χ0n) is 29.7. The molecular formula is C50H32N4S. The third kappa shape index (κ3) is 6.48. The normalized spacial score (nSPS) is 11.3.